The van der Waals surface area contributed by atoms with Crippen molar-refractivity contribution in [2.75, 3.05) is 12.8 Å². The zero-order valence-electron chi connectivity index (χ0n) is 9.30. The summed E-state index contributed by atoms with van der Waals surface area (Å²) in [4.78, 5) is 2.13. The number of aromatic nitrogens is 2. The molecular formula is C10H14N4OS. The fraction of sp³-hybridized carbons (Fsp3) is 0.400. The topological polar surface area (TPSA) is 68.2 Å². The van der Waals surface area contributed by atoms with Crippen molar-refractivity contribution >= 4 is 16.5 Å². The number of nitrogen functional groups attached to an aromatic ring is 1. The Labute approximate surface area is 98.0 Å². The quantitative estimate of drug-likeness (QED) is 0.877. The van der Waals surface area contributed by atoms with Gasteiger partial charge in [-0.15, -0.1) is 5.10 Å². The fourth-order valence-electron chi connectivity index (χ4n) is 1.50. The van der Waals surface area contributed by atoms with Gasteiger partial charge in [0.15, 0.2) is 0 Å². The van der Waals surface area contributed by atoms with Crippen LogP contribution in [0.25, 0.3) is 0 Å². The molecule has 2 aromatic rings. The van der Waals surface area contributed by atoms with Gasteiger partial charge in [-0.05, 0) is 20.0 Å². The lowest BCUT2D eigenvalue weighted by Crippen LogP contribution is -2.18. The van der Waals surface area contributed by atoms with E-state index in [0.717, 1.165) is 18.0 Å². The molecule has 0 atom stereocenters. The molecule has 0 saturated heterocycles. The summed E-state index contributed by atoms with van der Waals surface area (Å²) in [6, 6.07) is 1.98. The van der Waals surface area contributed by atoms with E-state index in [0.29, 0.717) is 11.5 Å². The largest absolute Gasteiger partial charge is 0.469 e. The average molecular weight is 238 g/mol. The lowest BCUT2D eigenvalue weighted by Gasteiger charge is -2.14. The lowest BCUT2D eigenvalue weighted by molar-refractivity contribution is 0.313. The van der Waals surface area contributed by atoms with E-state index in [1.165, 1.54) is 17.1 Å². The minimum absolute atomic E-state index is 0.691. The molecule has 0 spiro atoms. The van der Waals surface area contributed by atoms with Crippen LogP contribution in [0.15, 0.2) is 16.7 Å². The van der Waals surface area contributed by atoms with Gasteiger partial charge in [-0.2, -0.15) is 0 Å². The van der Waals surface area contributed by atoms with Gasteiger partial charge in [-0.1, -0.05) is 4.49 Å². The first kappa shape index (κ1) is 11.1. The molecule has 0 amide bonds. The van der Waals surface area contributed by atoms with E-state index in [4.69, 9.17) is 10.2 Å². The van der Waals surface area contributed by atoms with Crippen LogP contribution in [0.3, 0.4) is 0 Å². The van der Waals surface area contributed by atoms with Crippen molar-refractivity contribution < 1.29 is 4.42 Å². The molecule has 0 bridgehead atoms. The van der Waals surface area contributed by atoms with Crippen LogP contribution in [0.5, 0.6) is 0 Å². The molecule has 0 aromatic carbocycles. The van der Waals surface area contributed by atoms with Crippen molar-refractivity contribution in [3.63, 3.8) is 0 Å². The first-order valence-electron chi connectivity index (χ1n) is 4.95. The van der Waals surface area contributed by atoms with E-state index in [9.17, 15) is 0 Å². The third-order valence-electron chi connectivity index (χ3n) is 2.41. The summed E-state index contributed by atoms with van der Waals surface area (Å²) >= 11 is 1.23. The normalized spacial score (nSPS) is 11.2. The van der Waals surface area contributed by atoms with Gasteiger partial charge in [0.1, 0.15) is 16.5 Å². The van der Waals surface area contributed by atoms with Crippen LogP contribution >= 0.6 is 11.5 Å². The molecule has 2 rings (SSSR count). The highest BCUT2D eigenvalue weighted by Crippen LogP contribution is 2.16. The van der Waals surface area contributed by atoms with Gasteiger partial charge >= 0.3 is 0 Å². The minimum Gasteiger partial charge on any atom is -0.469 e. The Morgan fingerprint density at radius 2 is 2.31 bits per heavy atom. The minimum atomic E-state index is 0.691. The van der Waals surface area contributed by atoms with Crippen molar-refractivity contribution in [1.29, 1.82) is 0 Å². The van der Waals surface area contributed by atoms with Crippen molar-refractivity contribution in [3.8, 4) is 0 Å². The fourth-order valence-corrected chi connectivity index (χ4v) is 1.94. The Morgan fingerprint density at radius 3 is 2.88 bits per heavy atom. The summed E-state index contributed by atoms with van der Waals surface area (Å²) in [5.74, 6) is 0.955. The second kappa shape index (κ2) is 4.63. The van der Waals surface area contributed by atoms with Gasteiger partial charge in [-0.25, -0.2) is 0 Å². The van der Waals surface area contributed by atoms with E-state index in [2.05, 4.69) is 14.5 Å². The standard InChI is InChI=1S/C10H14N4OS/c1-7-8(3-4-15-7)5-14(2)6-9-10(11)16-13-12-9/h3-4H,5-6,11H2,1-2H3. The summed E-state index contributed by atoms with van der Waals surface area (Å²) in [7, 11) is 2.02. The van der Waals surface area contributed by atoms with Crippen LogP contribution < -0.4 is 5.73 Å². The molecule has 0 radical (unpaired) electrons. The highest BCUT2D eigenvalue weighted by molar-refractivity contribution is 7.09. The molecule has 0 fully saturated rings. The summed E-state index contributed by atoms with van der Waals surface area (Å²) < 4.78 is 9.06. The SMILES string of the molecule is Cc1occc1CN(C)Cc1nnsc1N. The molecule has 0 aliphatic heterocycles. The van der Waals surface area contributed by atoms with E-state index in [1.54, 1.807) is 6.26 Å². The molecule has 2 N–H and O–H groups in total. The Hall–Kier alpha value is -1.40. The molecular weight excluding hydrogens is 224 g/mol. The first-order valence-corrected chi connectivity index (χ1v) is 5.72. The van der Waals surface area contributed by atoms with Gasteiger partial charge in [0.25, 0.3) is 0 Å². The average Bonchev–Trinajstić information content (AvgIpc) is 2.79. The predicted octanol–water partition coefficient (Wildman–Crippen LogP) is 1.65. The maximum atomic E-state index is 5.74. The van der Waals surface area contributed by atoms with Gasteiger partial charge < -0.3 is 10.2 Å². The molecule has 0 aliphatic rings. The summed E-state index contributed by atoms with van der Waals surface area (Å²) in [5, 5.41) is 4.68. The molecule has 0 saturated carbocycles. The third kappa shape index (κ3) is 2.40. The highest BCUT2D eigenvalue weighted by Gasteiger charge is 2.10. The molecule has 0 unspecified atom stereocenters. The first-order chi connectivity index (χ1) is 7.66. The number of furan rings is 1. The van der Waals surface area contributed by atoms with E-state index < -0.39 is 0 Å². The highest BCUT2D eigenvalue weighted by atomic mass is 32.1. The van der Waals surface area contributed by atoms with Crippen LogP contribution in [-0.2, 0) is 13.1 Å². The Bertz CT molecular complexity index is 423. The maximum Gasteiger partial charge on any atom is 0.132 e. The predicted molar refractivity (Wildman–Crippen MR) is 62.9 cm³/mol. The second-order valence-corrected chi connectivity index (χ2v) is 4.54. The third-order valence-corrected chi connectivity index (χ3v) is 3.01. The number of anilines is 1. The molecule has 2 heterocycles. The van der Waals surface area contributed by atoms with Crippen molar-refractivity contribution in [2.24, 2.45) is 0 Å². The molecule has 16 heavy (non-hydrogen) atoms. The Kier molecular flexibility index (Phi) is 3.21. The zero-order valence-corrected chi connectivity index (χ0v) is 10.1. The van der Waals surface area contributed by atoms with Crippen molar-refractivity contribution in [1.82, 2.24) is 14.5 Å². The monoisotopic (exact) mass is 238 g/mol. The van der Waals surface area contributed by atoms with Crippen molar-refractivity contribution in [2.45, 2.75) is 20.0 Å². The van der Waals surface area contributed by atoms with Crippen LogP contribution in [0.4, 0.5) is 5.00 Å². The van der Waals surface area contributed by atoms with Crippen molar-refractivity contribution in [3.05, 3.63) is 29.3 Å². The number of hydrogen-bond acceptors (Lipinski definition) is 6. The van der Waals surface area contributed by atoms with Gasteiger partial charge in [-0.3, -0.25) is 4.90 Å². The maximum absolute atomic E-state index is 5.74. The Balaban J connectivity index is 1.97. The van der Waals surface area contributed by atoms with Gasteiger partial charge in [0.2, 0.25) is 0 Å². The number of nitrogens with zero attached hydrogens (tertiary/aromatic N) is 3. The number of rotatable bonds is 4. The number of nitrogens with two attached hydrogens (primary N) is 1. The lowest BCUT2D eigenvalue weighted by atomic mass is 10.2. The summed E-state index contributed by atoms with van der Waals surface area (Å²) in [6.07, 6.45) is 1.71. The second-order valence-electron chi connectivity index (χ2n) is 3.76. The summed E-state index contributed by atoms with van der Waals surface area (Å²) in [6.45, 7) is 3.48. The Morgan fingerprint density at radius 1 is 1.50 bits per heavy atom. The van der Waals surface area contributed by atoms with Crippen LogP contribution in [0.2, 0.25) is 0 Å². The molecule has 86 valence electrons. The molecule has 2 aromatic heterocycles. The van der Waals surface area contributed by atoms with E-state index in [-0.39, 0.29) is 0 Å². The molecule has 5 nitrogen and oxygen atoms in total. The van der Waals surface area contributed by atoms with Crippen LogP contribution in [0.1, 0.15) is 17.0 Å². The molecule has 0 aliphatic carbocycles. The van der Waals surface area contributed by atoms with Crippen LogP contribution in [0, 0.1) is 6.92 Å². The van der Waals surface area contributed by atoms with E-state index >= 15 is 0 Å². The van der Waals surface area contributed by atoms with Crippen LogP contribution in [-0.4, -0.2) is 21.5 Å². The number of aryl methyl sites for hydroxylation is 1. The summed E-state index contributed by atoms with van der Waals surface area (Å²) in [5.41, 5.74) is 7.77. The smallest absolute Gasteiger partial charge is 0.132 e. The number of hydrogen-bond donors (Lipinski definition) is 1. The zero-order chi connectivity index (χ0) is 11.5. The van der Waals surface area contributed by atoms with E-state index in [1.807, 2.05) is 20.0 Å². The molecule has 6 heteroatoms. The van der Waals surface area contributed by atoms with Gasteiger partial charge in [0, 0.05) is 30.2 Å². The van der Waals surface area contributed by atoms with Gasteiger partial charge in [0.05, 0.1) is 6.26 Å².